The summed E-state index contributed by atoms with van der Waals surface area (Å²) in [6.45, 7) is 1.42. The number of carbonyl (C=O) groups excluding carboxylic acids is 1. The summed E-state index contributed by atoms with van der Waals surface area (Å²) in [5, 5.41) is 4.18. The first-order valence-corrected chi connectivity index (χ1v) is 9.05. The lowest BCUT2D eigenvalue weighted by molar-refractivity contribution is -0.116. The Balaban J connectivity index is 1.91. The quantitative estimate of drug-likeness (QED) is 0.482. The van der Waals surface area contributed by atoms with E-state index >= 15 is 0 Å². The highest BCUT2D eigenvalue weighted by atomic mass is 19.1. The third-order valence-electron chi connectivity index (χ3n) is 4.48. The molecule has 0 fully saturated rings. The van der Waals surface area contributed by atoms with Gasteiger partial charge < -0.3 is 9.26 Å². The summed E-state index contributed by atoms with van der Waals surface area (Å²) in [7, 11) is 1.57. The summed E-state index contributed by atoms with van der Waals surface area (Å²) >= 11 is 0. The summed E-state index contributed by atoms with van der Waals surface area (Å²) in [5.74, 6) is 0.209. The Morgan fingerprint density at radius 3 is 2.40 bits per heavy atom. The number of anilines is 2. The Kier molecular flexibility index (Phi) is 5.21. The maximum absolute atomic E-state index is 13.4. The van der Waals surface area contributed by atoms with E-state index in [9.17, 15) is 9.18 Å². The molecule has 8 heteroatoms. The van der Waals surface area contributed by atoms with Gasteiger partial charge in [-0.25, -0.2) is 19.3 Å². The van der Waals surface area contributed by atoms with E-state index in [1.54, 1.807) is 55.8 Å². The van der Waals surface area contributed by atoms with E-state index in [1.165, 1.54) is 30.3 Å². The molecule has 4 rings (SSSR count). The van der Waals surface area contributed by atoms with E-state index < -0.39 is 0 Å². The molecule has 0 aliphatic heterocycles. The van der Waals surface area contributed by atoms with E-state index in [4.69, 9.17) is 9.26 Å². The lowest BCUT2D eigenvalue weighted by Gasteiger charge is -2.19. The van der Waals surface area contributed by atoms with Crippen molar-refractivity contribution in [3.63, 3.8) is 0 Å². The molecule has 30 heavy (non-hydrogen) atoms. The molecule has 0 spiro atoms. The van der Waals surface area contributed by atoms with Crippen LogP contribution in [0.4, 0.5) is 16.0 Å². The molecule has 0 atom stereocenters. The van der Waals surface area contributed by atoms with Gasteiger partial charge in [-0.1, -0.05) is 5.16 Å². The standard InChI is InChI=1S/C22H17FN4O3/c1-14(28)27(17-7-9-18(29-2)10-8-17)22-20(19-11-12-24-13-25-19)21(26-30-22)15-3-5-16(23)6-4-15/h3-13H,1-2H3. The number of methoxy groups -OCH3 is 1. The first-order valence-electron chi connectivity index (χ1n) is 9.05. The van der Waals surface area contributed by atoms with E-state index in [1.807, 2.05) is 0 Å². The predicted octanol–water partition coefficient (Wildman–Crippen LogP) is 4.63. The van der Waals surface area contributed by atoms with Crippen molar-refractivity contribution >= 4 is 17.5 Å². The molecule has 7 nitrogen and oxygen atoms in total. The molecule has 0 radical (unpaired) electrons. The number of rotatable bonds is 5. The van der Waals surface area contributed by atoms with Crippen LogP contribution in [0.25, 0.3) is 22.5 Å². The lowest BCUT2D eigenvalue weighted by Crippen LogP contribution is -2.22. The van der Waals surface area contributed by atoms with Gasteiger partial charge in [0.1, 0.15) is 23.6 Å². The second-order valence-corrected chi connectivity index (χ2v) is 6.37. The minimum Gasteiger partial charge on any atom is -0.497 e. The van der Waals surface area contributed by atoms with Gasteiger partial charge in [0.05, 0.1) is 24.1 Å². The monoisotopic (exact) mass is 404 g/mol. The fourth-order valence-corrected chi connectivity index (χ4v) is 3.08. The number of benzene rings is 2. The van der Waals surface area contributed by atoms with Crippen LogP contribution in [0, 0.1) is 5.82 Å². The van der Waals surface area contributed by atoms with E-state index in [0.29, 0.717) is 34.0 Å². The van der Waals surface area contributed by atoms with Crippen LogP contribution in [0.15, 0.2) is 71.6 Å². The van der Waals surface area contributed by atoms with Crippen LogP contribution in [0.2, 0.25) is 0 Å². The maximum atomic E-state index is 13.4. The van der Waals surface area contributed by atoms with Gasteiger partial charge in [-0.05, 0) is 54.6 Å². The summed E-state index contributed by atoms with van der Waals surface area (Å²) in [6, 6.07) is 14.5. The molecule has 150 valence electrons. The largest absolute Gasteiger partial charge is 0.497 e. The topological polar surface area (TPSA) is 81.4 Å². The molecule has 0 bridgehead atoms. The normalized spacial score (nSPS) is 10.6. The first kappa shape index (κ1) is 19.3. The van der Waals surface area contributed by atoms with Crippen molar-refractivity contribution in [2.75, 3.05) is 12.0 Å². The van der Waals surface area contributed by atoms with Crippen LogP contribution in [0.3, 0.4) is 0 Å². The van der Waals surface area contributed by atoms with Gasteiger partial charge in [-0.3, -0.25) is 4.79 Å². The summed E-state index contributed by atoms with van der Waals surface area (Å²) in [6.07, 6.45) is 2.98. The van der Waals surface area contributed by atoms with Gasteiger partial charge in [0.15, 0.2) is 0 Å². The molecule has 1 amide bonds. The number of amides is 1. The van der Waals surface area contributed by atoms with Crippen molar-refractivity contribution in [3.05, 3.63) is 72.9 Å². The number of aromatic nitrogens is 3. The number of carbonyl (C=O) groups is 1. The first-order chi connectivity index (χ1) is 14.6. The van der Waals surface area contributed by atoms with Crippen LogP contribution < -0.4 is 9.64 Å². The van der Waals surface area contributed by atoms with Crippen molar-refractivity contribution < 1.29 is 18.4 Å². The molecule has 0 aliphatic rings. The van der Waals surface area contributed by atoms with Crippen molar-refractivity contribution in [2.24, 2.45) is 0 Å². The highest BCUT2D eigenvalue weighted by molar-refractivity contribution is 6.02. The lowest BCUT2D eigenvalue weighted by atomic mass is 10.0. The van der Waals surface area contributed by atoms with Crippen LogP contribution in [-0.4, -0.2) is 28.1 Å². The fraction of sp³-hybridized carbons (Fsp3) is 0.0909. The summed E-state index contributed by atoms with van der Waals surface area (Å²) < 4.78 is 24.3. The Bertz CT molecular complexity index is 1160. The fourth-order valence-electron chi connectivity index (χ4n) is 3.08. The molecule has 2 heterocycles. The Morgan fingerprint density at radius 1 is 1.07 bits per heavy atom. The number of hydrogen-bond donors (Lipinski definition) is 0. The van der Waals surface area contributed by atoms with Gasteiger partial charge in [-0.2, -0.15) is 0 Å². The van der Waals surface area contributed by atoms with Crippen LogP contribution >= 0.6 is 0 Å². The van der Waals surface area contributed by atoms with Gasteiger partial charge in [0, 0.05) is 18.7 Å². The van der Waals surface area contributed by atoms with Crippen molar-refractivity contribution in [3.8, 4) is 28.3 Å². The van der Waals surface area contributed by atoms with Gasteiger partial charge in [0.2, 0.25) is 11.8 Å². The highest BCUT2D eigenvalue weighted by Gasteiger charge is 2.28. The second-order valence-electron chi connectivity index (χ2n) is 6.37. The molecule has 0 N–H and O–H groups in total. The van der Waals surface area contributed by atoms with Crippen molar-refractivity contribution in [1.82, 2.24) is 15.1 Å². The second kappa shape index (κ2) is 8.12. The Labute approximate surface area is 171 Å². The van der Waals surface area contributed by atoms with Crippen LogP contribution in [-0.2, 0) is 4.79 Å². The number of ether oxygens (including phenoxy) is 1. The van der Waals surface area contributed by atoms with Crippen LogP contribution in [0.5, 0.6) is 5.75 Å². The molecule has 0 saturated carbocycles. The smallest absolute Gasteiger partial charge is 0.248 e. The minimum atomic E-state index is -0.366. The van der Waals surface area contributed by atoms with Gasteiger partial charge in [-0.15, -0.1) is 0 Å². The molecular formula is C22H17FN4O3. The number of halogens is 1. The third-order valence-corrected chi connectivity index (χ3v) is 4.48. The minimum absolute atomic E-state index is 0.200. The Hall–Kier alpha value is -4.07. The zero-order chi connectivity index (χ0) is 21.1. The van der Waals surface area contributed by atoms with E-state index in [0.717, 1.165) is 0 Å². The molecule has 2 aromatic carbocycles. The summed E-state index contributed by atoms with van der Waals surface area (Å²) in [5.41, 5.74) is 2.64. The zero-order valence-electron chi connectivity index (χ0n) is 16.2. The number of nitrogens with zero attached hydrogens (tertiary/aromatic N) is 4. The molecular weight excluding hydrogens is 387 g/mol. The SMILES string of the molecule is COc1ccc(N(C(C)=O)c2onc(-c3ccc(F)cc3)c2-c2ccncn2)cc1. The van der Waals surface area contributed by atoms with E-state index in [2.05, 4.69) is 15.1 Å². The molecule has 0 unspecified atom stereocenters. The maximum Gasteiger partial charge on any atom is 0.248 e. The van der Waals surface area contributed by atoms with Crippen molar-refractivity contribution in [1.29, 1.82) is 0 Å². The highest BCUT2D eigenvalue weighted by Crippen LogP contribution is 2.41. The average molecular weight is 404 g/mol. The molecule has 0 aliphatic carbocycles. The van der Waals surface area contributed by atoms with E-state index in [-0.39, 0.29) is 17.6 Å². The molecule has 4 aromatic rings. The molecule has 0 saturated heterocycles. The summed E-state index contributed by atoms with van der Waals surface area (Å²) in [4.78, 5) is 22.3. The van der Waals surface area contributed by atoms with Gasteiger partial charge >= 0.3 is 0 Å². The average Bonchev–Trinajstić information content (AvgIpc) is 3.20. The van der Waals surface area contributed by atoms with Crippen molar-refractivity contribution in [2.45, 2.75) is 6.92 Å². The Morgan fingerprint density at radius 2 is 1.80 bits per heavy atom. The molecule has 2 aromatic heterocycles. The van der Waals surface area contributed by atoms with Gasteiger partial charge in [0.25, 0.3) is 0 Å². The number of hydrogen-bond acceptors (Lipinski definition) is 6. The van der Waals surface area contributed by atoms with Crippen LogP contribution in [0.1, 0.15) is 6.92 Å². The third kappa shape index (κ3) is 3.62. The predicted molar refractivity (Wildman–Crippen MR) is 109 cm³/mol. The zero-order valence-corrected chi connectivity index (χ0v) is 16.2.